The molecule has 0 aliphatic heterocycles. The lowest BCUT2D eigenvalue weighted by molar-refractivity contribution is 1.18. The van der Waals surface area contributed by atoms with Gasteiger partial charge in [-0.3, -0.25) is 0 Å². The van der Waals surface area contributed by atoms with Crippen molar-refractivity contribution in [2.45, 2.75) is 13.5 Å². The number of benzene rings is 1. The lowest BCUT2D eigenvalue weighted by atomic mass is 10.1. The fourth-order valence-corrected chi connectivity index (χ4v) is 2.52. The van der Waals surface area contributed by atoms with Gasteiger partial charge >= 0.3 is 0 Å². The van der Waals surface area contributed by atoms with Crippen LogP contribution in [0.1, 0.15) is 16.0 Å². The van der Waals surface area contributed by atoms with E-state index in [1.807, 2.05) is 36.6 Å². The molecule has 0 fully saturated rings. The Morgan fingerprint density at radius 3 is 2.88 bits per heavy atom. The zero-order valence-electron chi connectivity index (χ0n) is 9.33. The Morgan fingerprint density at radius 2 is 2.24 bits per heavy atom. The predicted octanol–water partition coefficient (Wildman–Crippen LogP) is 4.19. The molecule has 2 rings (SSSR count). The molecule has 0 bridgehead atoms. The first-order chi connectivity index (χ1) is 8.19. The Bertz CT molecular complexity index is 569. The summed E-state index contributed by atoms with van der Waals surface area (Å²) in [6, 6.07) is 9.72. The summed E-state index contributed by atoms with van der Waals surface area (Å²) in [5.74, 6) is 0. The molecule has 0 radical (unpaired) electrons. The first kappa shape index (κ1) is 12.0. The molecular formula is C13H11ClN2S. The molecule has 0 saturated heterocycles. The van der Waals surface area contributed by atoms with Gasteiger partial charge in [-0.2, -0.15) is 5.26 Å². The molecule has 0 atom stereocenters. The number of hydrogen-bond donors (Lipinski definition) is 1. The number of halogens is 1. The average Bonchev–Trinajstić information content (AvgIpc) is 2.74. The Morgan fingerprint density at radius 1 is 1.41 bits per heavy atom. The minimum absolute atomic E-state index is 0.669. The van der Waals surface area contributed by atoms with E-state index in [1.54, 1.807) is 11.3 Å². The lowest BCUT2D eigenvalue weighted by Gasteiger charge is -2.08. The van der Waals surface area contributed by atoms with Gasteiger partial charge in [-0.1, -0.05) is 17.7 Å². The summed E-state index contributed by atoms with van der Waals surface area (Å²) in [6.07, 6.45) is 0. The van der Waals surface area contributed by atoms with Crippen molar-refractivity contribution in [2.24, 2.45) is 0 Å². The maximum absolute atomic E-state index is 8.85. The Hall–Kier alpha value is -1.50. The molecule has 1 aromatic heterocycles. The summed E-state index contributed by atoms with van der Waals surface area (Å²) in [5, 5.41) is 14.9. The van der Waals surface area contributed by atoms with Crippen molar-refractivity contribution >= 4 is 28.6 Å². The van der Waals surface area contributed by atoms with Gasteiger partial charge in [0.05, 0.1) is 16.7 Å². The summed E-state index contributed by atoms with van der Waals surface area (Å²) in [4.78, 5) is 1.18. The van der Waals surface area contributed by atoms with Gasteiger partial charge in [-0.05, 0) is 30.7 Å². The van der Waals surface area contributed by atoms with Gasteiger partial charge in [0, 0.05) is 22.5 Å². The largest absolute Gasteiger partial charge is 0.380 e. The Labute approximate surface area is 109 Å². The third-order valence-corrected chi connectivity index (χ3v) is 3.73. The van der Waals surface area contributed by atoms with Gasteiger partial charge in [-0.25, -0.2) is 0 Å². The fourth-order valence-electron chi connectivity index (χ4n) is 1.51. The minimum Gasteiger partial charge on any atom is -0.380 e. The van der Waals surface area contributed by atoms with Crippen LogP contribution in [0.15, 0.2) is 29.6 Å². The van der Waals surface area contributed by atoms with Crippen molar-refractivity contribution in [1.82, 2.24) is 0 Å². The second-order valence-electron chi connectivity index (χ2n) is 3.73. The maximum Gasteiger partial charge on any atom is 0.0992 e. The topological polar surface area (TPSA) is 35.8 Å². The number of nitrogens with one attached hydrogen (secondary N) is 1. The first-order valence-electron chi connectivity index (χ1n) is 5.16. The normalized spacial score (nSPS) is 9.94. The van der Waals surface area contributed by atoms with Crippen molar-refractivity contribution in [2.75, 3.05) is 5.32 Å². The number of aryl methyl sites for hydroxylation is 1. The van der Waals surface area contributed by atoms with Crippen LogP contribution >= 0.6 is 22.9 Å². The van der Waals surface area contributed by atoms with Crippen molar-refractivity contribution in [3.05, 3.63) is 50.7 Å². The van der Waals surface area contributed by atoms with Gasteiger partial charge < -0.3 is 5.32 Å². The molecule has 2 aromatic rings. The van der Waals surface area contributed by atoms with E-state index in [0.29, 0.717) is 5.56 Å². The van der Waals surface area contributed by atoms with E-state index in [1.165, 1.54) is 4.88 Å². The van der Waals surface area contributed by atoms with E-state index in [9.17, 15) is 0 Å². The molecule has 1 heterocycles. The van der Waals surface area contributed by atoms with E-state index >= 15 is 0 Å². The summed E-state index contributed by atoms with van der Waals surface area (Å²) >= 11 is 7.49. The fraction of sp³-hybridized carbons (Fsp3) is 0.154. The summed E-state index contributed by atoms with van der Waals surface area (Å²) < 4.78 is 0. The highest BCUT2D eigenvalue weighted by Gasteiger charge is 2.02. The molecule has 0 unspecified atom stereocenters. The average molecular weight is 263 g/mol. The van der Waals surface area contributed by atoms with Gasteiger partial charge in [0.15, 0.2) is 0 Å². The third kappa shape index (κ3) is 3.00. The van der Waals surface area contributed by atoms with Crippen molar-refractivity contribution in [1.29, 1.82) is 5.26 Å². The number of nitriles is 1. The molecule has 1 aromatic carbocycles. The molecule has 17 heavy (non-hydrogen) atoms. The molecule has 1 N–H and O–H groups in total. The quantitative estimate of drug-likeness (QED) is 0.900. The first-order valence-corrected chi connectivity index (χ1v) is 6.42. The van der Waals surface area contributed by atoms with E-state index in [-0.39, 0.29) is 0 Å². The highest BCUT2D eigenvalue weighted by molar-refractivity contribution is 7.10. The zero-order chi connectivity index (χ0) is 12.3. The molecule has 0 saturated carbocycles. The number of thiophene rings is 1. The smallest absolute Gasteiger partial charge is 0.0992 e. The molecule has 86 valence electrons. The van der Waals surface area contributed by atoms with Crippen LogP contribution in [0.25, 0.3) is 0 Å². The highest BCUT2D eigenvalue weighted by Crippen LogP contribution is 2.22. The molecule has 0 aliphatic carbocycles. The van der Waals surface area contributed by atoms with Gasteiger partial charge in [-0.15, -0.1) is 11.3 Å². The zero-order valence-corrected chi connectivity index (χ0v) is 10.9. The van der Waals surface area contributed by atoms with E-state index in [0.717, 1.165) is 22.8 Å². The van der Waals surface area contributed by atoms with Crippen molar-refractivity contribution < 1.29 is 0 Å². The van der Waals surface area contributed by atoms with Crippen molar-refractivity contribution in [3.8, 4) is 6.07 Å². The lowest BCUT2D eigenvalue weighted by Crippen LogP contribution is -1.99. The summed E-state index contributed by atoms with van der Waals surface area (Å²) in [6.45, 7) is 2.75. The molecule has 2 nitrogen and oxygen atoms in total. The predicted molar refractivity (Wildman–Crippen MR) is 72.5 cm³/mol. The Kier molecular flexibility index (Phi) is 3.68. The molecule has 4 heteroatoms. The summed E-state index contributed by atoms with van der Waals surface area (Å²) in [5.41, 5.74) is 2.79. The van der Waals surface area contributed by atoms with Gasteiger partial charge in [0.25, 0.3) is 0 Å². The monoisotopic (exact) mass is 262 g/mol. The number of anilines is 1. The van der Waals surface area contributed by atoms with Crippen LogP contribution in [-0.4, -0.2) is 0 Å². The number of rotatable bonds is 3. The van der Waals surface area contributed by atoms with Gasteiger partial charge in [0.1, 0.15) is 0 Å². The maximum atomic E-state index is 8.85. The molecule has 0 spiro atoms. The van der Waals surface area contributed by atoms with Crippen LogP contribution in [-0.2, 0) is 6.54 Å². The molecule has 0 aliphatic rings. The standard InChI is InChI=1S/C13H11ClN2S/c1-9-2-3-10(6-15)4-13(9)16-7-12-5-11(14)8-17-12/h2-5,8,16H,7H2,1H3. The van der Waals surface area contributed by atoms with E-state index < -0.39 is 0 Å². The number of nitrogens with zero attached hydrogens (tertiary/aromatic N) is 1. The van der Waals surface area contributed by atoms with Crippen LogP contribution in [0.2, 0.25) is 5.02 Å². The van der Waals surface area contributed by atoms with Crippen molar-refractivity contribution in [3.63, 3.8) is 0 Å². The molecule has 0 amide bonds. The highest BCUT2D eigenvalue weighted by atomic mass is 35.5. The van der Waals surface area contributed by atoms with E-state index in [4.69, 9.17) is 16.9 Å². The van der Waals surface area contributed by atoms with E-state index in [2.05, 4.69) is 11.4 Å². The Balaban J connectivity index is 2.11. The van der Waals surface area contributed by atoms with Crippen LogP contribution in [0.4, 0.5) is 5.69 Å². The second-order valence-corrected chi connectivity index (χ2v) is 5.16. The van der Waals surface area contributed by atoms with Crippen LogP contribution in [0.3, 0.4) is 0 Å². The van der Waals surface area contributed by atoms with Crippen LogP contribution in [0.5, 0.6) is 0 Å². The number of hydrogen-bond acceptors (Lipinski definition) is 3. The van der Waals surface area contributed by atoms with Gasteiger partial charge in [0.2, 0.25) is 0 Å². The van der Waals surface area contributed by atoms with Crippen LogP contribution < -0.4 is 5.32 Å². The van der Waals surface area contributed by atoms with Crippen LogP contribution in [0, 0.1) is 18.3 Å². The SMILES string of the molecule is Cc1ccc(C#N)cc1NCc1cc(Cl)cs1. The second kappa shape index (κ2) is 5.22. The third-order valence-electron chi connectivity index (χ3n) is 2.44. The minimum atomic E-state index is 0.669. The summed E-state index contributed by atoms with van der Waals surface area (Å²) in [7, 11) is 0. The molecular weight excluding hydrogens is 252 g/mol.